The normalized spacial score (nSPS) is 10.6. The Balaban J connectivity index is 2.51. The minimum absolute atomic E-state index is 0.119. The van der Waals surface area contributed by atoms with E-state index in [1.165, 1.54) is 16.8 Å². The van der Waals surface area contributed by atoms with Crippen molar-refractivity contribution in [2.75, 3.05) is 6.54 Å². The molecule has 0 saturated heterocycles. The Morgan fingerprint density at radius 2 is 2.28 bits per heavy atom. The zero-order chi connectivity index (χ0) is 13.1. The van der Waals surface area contributed by atoms with Crippen LogP contribution in [0.1, 0.15) is 5.69 Å². The van der Waals surface area contributed by atoms with Crippen molar-refractivity contribution in [2.24, 2.45) is 5.73 Å². The van der Waals surface area contributed by atoms with Crippen LogP contribution in [-0.2, 0) is 6.42 Å². The first-order chi connectivity index (χ1) is 8.63. The van der Waals surface area contributed by atoms with E-state index in [0.29, 0.717) is 18.7 Å². The molecule has 2 N–H and O–H groups in total. The van der Waals surface area contributed by atoms with Gasteiger partial charge < -0.3 is 5.73 Å². The number of aromatic nitrogens is 3. The first-order valence-corrected chi connectivity index (χ1v) is 5.56. The topological polar surface area (TPSA) is 99.9 Å². The van der Waals surface area contributed by atoms with E-state index < -0.39 is 4.92 Å². The van der Waals surface area contributed by atoms with Gasteiger partial charge in [0.25, 0.3) is 5.69 Å². The van der Waals surface area contributed by atoms with Crippen molar-refractivity contribution < 1.29 is 4.92 Å². The number of nitro benzene ring substituents is 1. The van der Waals surface area contributed by atoms with E-state index >= 15 is 0 Å². The number of nitrogens with zero attached hydrogens (tertiary/aromatic N) is 4. The van der Waals surface area contributed by atoms with Crippen LogP contribution in [0.15, 0.2) is 24.4 Å². The van der Waals surface area contributed by atoms with Crippen LogP contribution >= 0.6 is 11.6 Å². The minimum Gasteiger partial charge on any atom is -0.330 e. The molecule has 0 spiro atoms. The Morgan fingerprint density at radius 3 is 2.94 bits per heavy atom. The van der Waals surface area contributed by atoms with Gasteiger partial charge in [-0.15, -0.1) is 5.10 Å². The van der Waals surface area contributed by atoms with Crippen LogP contribution in [0.5, 0.6) is 0 Å². The van der Waals surface area contributed by atoms with Crippen molar-refractivity contribution in [3.05, 3.63) is 45.2 Å². The largest absolute Gasteiger partial charge is 0.330 e. The van der Waals surface area contributed by atoms with E-state index in [2.05, 4.69) is 10.3 Å². The second-order valence-corrected chi connectivity index (χ2v) is 3.97. The molecule has 7 nitrogen and oxygen atoms in total. The first kappa shape index (κ1) is 12.5. The van der Waals surface area contributed by atoms with Gasteiger partial charge in [-0.3, -0.25) is 10.1 Å². The number of halogens is 1. The van der Waals surface area contributed by atoms with Crippen LogP contribution in [0.2, 0.25) is 5.02 Å². The molecule has 1 heterocycles. The lowest BCUT2D eigenvalue weighted by Gasteiger charge is -2.03. The van der Waals surface area contributed by atoms with Crippen LogP contribution in [0.25, 0.3) is 5.69 Å². The number of para-hydroxylation sites is 1. The summed E-state index contributed by atoms with van der Waals surface area (Å²) < 4.78 is 1.30. The van der Waals surface area contributed by atoms with Crippen LogP contribution in [0, 0.1) is 10.1 Å². The summed E-state index contributed by atoms with van der Waals surface area (Å²) in [7, 11) is 0. The number of nitro groups is 1. The number of hydrogen-bond acceptors (Lipinski definition) is 5. The lowest BCUT2D eigenvalue weighted by Crippen LogP contribution is -2.03. The fourth-order valence-electron chi connectivity index (χ4n) is 1.55. The maximum atomic E-state index is 10.9. The van der Waals surface area contributed by atoms with Gasteiger partial charge >= 0.3 is 0 Å². The lowest BCUT2D eigenvalue weighted by atomic mass is 10.2. The summed E-state index contributed by atoms with van der Waals surface area (Å²) in [5, 5.41) is 18.9. The first-order valence-electron chi connectivity index (χ1n) is 5.18. The molecular weight excluding hydrogens is 258 g/mol. The molecule has 0 radical (unpaired) electrons. The molecule has 0 aliphatic heterocycles. The van der Waals surface area contributed by atoms with Crippen molar-refractivity contribution in [3.8, 4) is 5.69 Å². The molecule has 2 rings (SSSR count). The van der Waals surface area contributed by atoms with Crippen LogP contribution < -0.4 is 5.73 Å². The fourth-order valence-corrected chi connectivity index (χ4v) is 1.80. The average Bonchev–Trinajstić information content (AvgIpc) is 2.77. The number of hydrogen-bond donors (Lipinski definition) is 1. The molecule has 0 saturated carbocycles. The smallest absolute Gasteiger partial charge is 0.296 e. The summed E-state index contributed by atoms with van der Waals surface area (Å²) in [6, 6.07) is 4.45. The van der Waals surface area contributed by atoms with Crippen molar-refractivity contribution in [1.29, 1.82) is 0 Å². The molecule has 2 aromatic rings. The Hall–Kier alpha value is -1.99. The van der Waals surface area contributed by atoms with Gasteiger partial charge in [-0.1, -0.05) is 22.9 Å². The number of rotatable bonds is 4. The third-order valence-corrected chi connectivity index (χ3v) is 2.64. The summed E-state index contributed by atoms with van der Waals surface area (Å²) in [6.45, 7) is 0.434. The predicted octanol–water partition coefficient (Wildman–Crippen LogP) is 1.33. The van der Waals surface area contributed by atoms with Gasteiger partial charge in [0, 0.05) is 12.5 Å². The number of nitrogens with two attached hydrogens (primary N) is 1. The van der Waals surface area contributed by atoms with Gasteiger partial charge in [-0.25, -0.2) is 4.68 Å². The zero-order valence-electron chi connectivity index (χ0n) is 9.28. The molecule has 0 unspecified atom stereocenters. The molecule has 0 bridgehead atoms. The third-order valence-electron chi connectivity index (χ3n) is 2.33. The molecule has 8 heteroatoms. The Morgan fingerprint density at radius 1 is 1.50 bits per heavy atom. The standard InChI is InChI=1S/C10H10ClN5O2/c11-8-2-1-3-9(16(17)18)10(8)15-6-7(4-5-12)13-14-15/h1-3,6H,4-5,12H2. The maximum Gasteiger partial charge on any atom is 0.296 e. The molecule has 0 atom stereocenters. The van der Waals surface area contributed by atoms with Crippen LogP contribution in [-0.4, -0.2) is 26.5 Å². The Labute approximate surface area is 107 Å². The molecule has 0 amide bonds. The molecular formula is C10H10ClN5O2. The van der Waals surface area contributed by atoms with E-state index in [0.717, 1.165) is 0 Å². The molecule has 0 fully saturated rings. The van der Waals surface area contributed by atoms with E-state index in [1.807, 2.05) is 0 Å². The molecule has 1 aromatic heterocycles. The molecule has 94 valence electrons. The summed E-state index contributed by atoms with van der Waals surface area (Å²) in [6.07, 6.45) is 2.14. The zero-order valence-corrected chi connectivity index (χ0v) is 10.0. The van der Waals surface area contributed by atoms with Crippen molar-refractivity contribution in [2.45, 2.75) is 6.42 Å². The van der Waals surface area contributed by atoms with E-state index in [1.54, 1.807) is 12.3 Å². The third kappa shape index (κ3) is 2.31. The lowest BCUT2D eigenvalue weighted by molar-refractivity contribution is -0.384. The van der Waals surface area contributed by atoms with E-state index in [-0.39, 0.29) is 16.4 Å². The molecule has 0 aliphatic rings. The monoisotopic (exact) mass is 267 g/mol. The minimum atomic E-state index is -0.508. The van der Waals surface area contributed by atoms with E-state index in [4.69, 9.17) is 17.3 Å². The van der Waals surface area contributed by atoms with E-state index in [9.17, 15) is 10.1 Å². The Bertz CT molecular complexity index is 583. The van der Waals surface area contributed by atoms with Gasteiger partial charge in [0.05, 0.1) is 21.8 Å². The molecule has 18 heavy (non-hydrogen) atoms. The van der Waals surface area contributed by atoms with Gasteiger partial charge in [0.2, 0.25) is 0 Å². The van der Waals surface area contributed by atoms with Crippen LogP contribution in [0.3, 0.4) is 0 Å². The SMILES string of the molecule is NCCc1cn(-c2c(Cl)cccc2[N+](=O)[O-])nn1. The van der Waals surface area contributed by atoms with Crippen molar-refractivity contribution in [3.63, 3.8) is 0 Å². The summed E-state index contributed by atoms with van der Waals surface area (Å²) in [4.78, 5) is 10.4. The van der Waals surface area contributed by atoms with Crippen LogP contribution in [0.4, 0.5) is 5.69 Å². The maximum absolute atomic E-state index is 10.9. The van der Waals surface area contributed by atoms with Gasteiger partial charge in [0.15, 0.2) is 5.69 Å². The Kier molecular flexibility index (Phi) is 3.54. The summed E-state index contributed by atoms with van der Waals surface area (Å²) in [5.41, 5.74) is 6.15. The summed E-state index contributed by atoms with van der Waals surface area (Å²) >= 11 is 5.98. The highest BCUT2D eigenvalue weighted by Gasteiger charge is 2.19. The highest BCUT2D eigenvalue weighted by atomic mass is 35.5. The average molecular weight is 268 g/mol. The van der Waals surface area contributed by atoms with Crippen molar-refractivity contribution in [1.82, 2.24) is 15.0 Å². The van der Waals surface area contributed by atoms with Gasteiger partial charge in [-0.2, -0.15) is 0 Å². The highest BCUT2D eigenvalue weighted by molar-refractivity contribution is 6.32. The van der Waals surface area contributed by atoms with Gasteiger partial charge in [-0.05, 0) is 12.6 Å². The van der Waals surface area contributed by atoms with Crippen molar-refractivity contribution >= 4 is 17.3 Å². The fraction of sp³-hybridized carbons (Fsp3) is 0.200. The predicted molar refractivity (Wildman–Crippen MR) is 65.8 cm³/mol. The number of benzene rings is 1. The quantitative estimate of drug-likeness (QED) is 0.665. The molecule has 1 aromatic carbocycles. The second kappa shape index (κ2) is 5.11. The summed E-state index contributed by atoms with van der Waals surface area (Å²) in [5.74, 6) is 0. The van der Waals surface area contributed by atoms with Gasteiger partial charge in [0.1, 0.15) is 0 Å². The molecule has 0 aliphatic carbocycles. The second-order valence-electron chi connectivity index (χ2n) is 3.56. The highest BCUT2D eigenvalue weighted by Crippen LogP contribution is 2.29.